The maximum absolute atomic E-state index is 2.38. The average Bonchev–Trinajstić information content (AvgIpc) is 1.77. The SMILES string of the molecule is CC1CC[CH]([Na])CC1. The molecule has 0 saturated heterocycles. The van der Waals surface area contributed by atoms with Gasteiger partial charge in [0.15, 0.2) is 0 Å². The van der Waals surface area contributed by atoms with Gasteiger partial charge >= 0.3 is 69.6 Å². The molecule has 8 heavy (non-hydrogen) atoms. The summed E-state index contributed by atoms with van der Waals surface area (Å²) < 4.78 is 1.16. The van der Waals surface area contributed by atoms with Crippen molar-refractivity contribution in [2.75, 3.05) is 0 Å². The monoisotopic (exact) mass is 120 g/mol. The zero-order valence-corrected chi connectivity index (χ0v) is 7.98. The van der Waals surface area contributed by atoms with Crippen LogP contribution < -0.4 is 0 Å². The third-order valence-electron chi connectivity index (χ3n) is 2.30. The van der Waals surface area contributed by atoms with Gasteiger partial charge in [-0.05, 0) is 0 Å². The van der Waals surface area contributed by atoms with Crippen LogP contribution in [0.15, 0.2) is 0 Å². The van der Waals surface area contributed by atoms with Crippen LogP contribution in [0.4, 0.5) is 0 Å². The Morgan fingerprint density at radius 1 is 1.12 bits per heavy atom. The molecule has 0 aliphatic heterocycles. The summed E-state index contributed by atoms with van der Waals surface area (Å²) in [6.45, 7) is 2.38. The third-order valence-corrected chi connectivity index (χ3v) is 3.46. The van der Waals surface area contributed by atoms with Crippen LogP contribution in [0.2, 0.25) is 3.17 Å². The topological polar surface area (TPSA) is 0 Å². The first kappa shape index (κ1) is 7.11. The van der Waals surface area contributed by atoms with Gasteiger partial charge in [-0.25, -0.2) is 0 Å². The van der Waals surface area contributed by atoms with E-state index in [9.17, 15) is 0 Å². The van der Waals surface area contributed by atoms with Crippen molar-refractivity contribution in [1.82, 2.24) is 0 Å². The van der Waals surface area contributed by atoms with Crippen LogP contribution >= 0.6 is 0 Å². The minimum absolute atomic E-state index is 1.04. The molecule has 1 heteroatoms. The number of hydrogen-bond donors (Lipinski definition) is 0. The molecule has 0 aromatic carbocycles. The molecule has 0 nitrogen and oxygen atoms in total. The summed E-state index contributed by atoms with van der Waals surface area (Å²) in [6, 6.07) is 0. The Morgan fingerprint density at radius 2 is 1.62 bits per heavy atom. The van der Waals surface area contributed by atoms with E-state index in [1.807, 2.05) is 0 Å². The van der Waals surface area contributed by atoms with Crippen LogP contribution in [0, 0.1) is 5.92 Å². The molecule has 1 rings (SSSR count). The molecule has 1 fully saturated rings. The van der Waals surface area contributed by atoms with Crippen LogP contribution in [0.5, 0.6) is 0 Å². The van der Waals surface area contributed by atoms with E-state index in [1.54, 1.807) is 0 Å². The summed E-state index contributed by atoms with van der Waals surface area (Å²) >= 11 is 1.44. The second-order valence-electron chi connectivity index (χ2n) is 3.37. The van der Waals surface area contributed by atoms with Gasteiger partial charge < -0.3 is 0 Å². The van der Waals surface area contributed by atoms with E-state index >= 15 is 0 Å². The fraction of sp³-hybridized carbons (Fsp3) is 1.00. The Balaban J connectivity index is 2.19. The molecule has 0 amide bonds. The van der Waals surface area contributed by atoms with E-state index in [0.29, 0.717) is 0 Å². The van der Waals surface area contributed by atoms with Gasteiger partial charge in [0.25, 0.3) is 0 Å². The van der Waals surface area contributed by atoms with Gasteiger partial charge in [0, 0.05) is 0 Å². The Kier molecular flexibility index (Phi) is 2.88. The fourth-order valence-electron chi connectivity index (χ4n) is 1.43. The van der Waals surface area contributed by atoms with E-state index in [2.05, 4.69) is 6.92 Å². The van der Waals surface area contributed by atoms with Gasteiger partial charge in [0.1, 0.15) is 0 Å². The van der Waals surface area contributed by atoms with Crippen LogP contribution in [-0.4, -0.2) is 27.9 Å². The van der Waals surface area contributed by atoms with Gasteiger partial charge in [-0.15, -0.1) is 0 Å². The fourth-order valence-corrected chi connectivity index (χ4v) is 2.09. The quantitative estimate of drug-likeness (QED) is 0.430. The Bertz CT molecular complexity index is 52.8. The molecule has 0 aromatic heterocycles. The Morgan fingerprint density at radius 3 is 2.00 bits per heavy atom. The van der Waals surface area contributed by atoms with Crippen molar-refractivity contribution < 1.29 is 0 Å². The third kappa shape index (κ3) is 2.08. The van der Waals surface area contributed by atoms with E-state index < -0.39 is 0 Å². The zero-order valence-electron chi connectivity index (χ0n) is 5.98. The van der Waals surface area contributed by atoms with Crippen molar-refractivity contribution in [3.8, 4) is 0 Å². The van der Waals surface area contributed by atoms with Gasteiger partial charge in [-0.2, -0.15) is 0 Å². The molecule has 0 heterocycles. The predicted octanol–water partition coefficient (Wildman–Crippen LogP) is 2.15. The molecule has 1 saturated carbocycles. The van der Waals surface area contributed by atoms with E-state index in [0.717, 1.165) is 9.09 Å². The summed E-state index contributed by atoms with van der Waals surface area (Å²) in [6.07, 6.45) is 6.09. The first-order valence-electron chi connectivity index (χ1n) is 3.79. The average molecular weight is 120 g/mol. The summed E-state index contributed by atoms with van der Waals surface area (Å²) in [5.41, 5.74) is 0. The second-order valence-corrected chi connectivity index (χ2v) is 5.00. The number of rotatable bonds is 0. The van der Waals surface area contributed by atoms with Crippen molar-refractivity contribution in [1.29, 1.82) is 0 Å². The standard InChI is InChI=1S/C7H13.Na/c1-7-5-3-2-4-6-7;/h2,7H,3-6H2,1H3;. The van der Waals surface area contributed by atoms with Crippen molar-refractivity contribution >= 4 is 27.9 Å². The molecule has 0 unspecified atom stereocenters. The molecule has 0 aromatic rings. The molecule has 0 radical (unpaired) electrons. The molecule has 0 spiro atoms. The van der Waals surface area contributed by atoms with Crippen molar-refractivity contribution in [3.05, 3.63) is 0 Å². The van der Waals surface area contributed by atoms with Crippen LogP contribution in [-0.2, 0) is 0 Å². The van der Waals surface area contributed by atoms with E-state index in [1.165, 1.54) is 53.6 Å². The van der Waals surface area contributed by atoms with E-state index in [4.69, 9.17) is 0 Å². The molecular weight excluding hydrogens is 107 g/mol. The van der Waals surface area contributed by atoms with Crippen LogP contribution in [0.1, 0.15) is 32.6 Å². The molecule has 42 valence electrons. The molecule has 1 aliphatic rings. The predicted molar refractivity (Wildman–Crippen MR) is 37.1 cm³/mol. The zero-order chi connectivity index (χ0) is 5.98. The van der Waals surface area contributed by atoms with Gasteiger partial charge in [-0.3, -0.25) is 0 Å². The van der Waals surface area contributed by atoms with Crippen LogP contribution in [0.25, 0.3) is 0 Å². The first-order valence-corrected chi connectivity index (χ1v) is 4.94. The molecule has 0 atom stereocenters. The van der Waals surface area contributed by atoms with Crippen molar-refractivity contribution in [3.63, 3.8) is 0 Å². The molecule has 0 bridgehead atoms. The molecule has 1 aliphatic carbocycles. The Hall–Kier alpha value is 1.00. The van der Waals surface area contributed by atoms with Crippen molar-refractivity contribution in [2.45, 2.75) is 35.8 Å². The molecule has 0 N–H and O–H groups in total. The summed E-state index contributed by atoms with van der Waals surface area (Å²) in [7, 11) is 0. The van der Waals surface area contributed by atoms with Crippen molar-refractivity contribution in [2.24, 2.45) is 5.92 Å². The van der Waals surface area contributed by atoms with Gasteiger partial charge in [0.2, 0.25) is 0 Å². The Labute approximate surface area is 69.5 Å². The van der Waals surface area contributed by atoms with Gasteiger partial charge in [0.05, 0.1) is 0 Å². The summed E-state index contributed by atoms with van der Waals surface area (Å²) in [5.74, 6) is 1.04. The number of hydrogen-bond acceptors (Lipinski definition) is 0. The second kappa shape index (κ2) is 3.24. The summed E-state index contributed by atoms with van der Waals surface area (Å²) in [5, 5.41) is 0. The minimum atomic E-state index is 1.04. The summed E-state index contributed by atoms with van der Waals surface area (Å²) in [4.78, 5) is 0. The van der Waals surface area contributed by atoms with Crippen LogP contribution in [0.3, 0.4) is 0 Å². The van der Waals surface area contributed by atoms with E-state index in [-0.39, 0.29) is 0 Å². The first-order chi connectivity index (χ1) is 3.79. The normalized spacial score (nSPS) is 39.9. The molecular formula is C7H13Na. The maximum atomic E-state index is 2.38. The van der Waals surface area contributed by atoms with Gasteiger partial charge in [-0.1, -0.05) is 0 Å².